The van der Waals surface area contributed by atoms with Gasteiger partial charge in [0.05, 0.1) is 4.90 Å². The van der Waals surface area contributed by atoms with Crippen LogP contribution < -0.4 is 4.72 Å². The van der Waals surface area contributed by atoms with Crippen molar-refractivity contribution in [1.82, 2.24) is 4.72 Å². The molecule has 0 fully saturated rings. The number of aliphatic carboxylic acids is 1. The molecule has 112 valence electrons. The van der Waals surface area contributed by atoms with E-state index in [0.717, 1.165) is 18.4 Å². The zero-order valence-electron chi connectivity index (χ0n) is 11.2. The van der Waals surface area contributed by atoms with Crippen molar-refractivity contribution in [2.24, 2.45) is 0 Å². The third-order valence-corrected chi connectivity index (χ3v) is 4.27. The standard InChI is InChI=1S/C13H19NO5S/c1-2-3-10-4-6-11(7-5-10)20(18,19)14-12(8-9-15)13(16)17/h4-7,12,14-15H,2-3,8-9H2,1H3,(H,16,17)/t12-/m1/s1. The molecule has 1 aromatic rings. The molecule has 0 unspecified atom stereocenters. The van der Waals surface area contributed by atoms with E-state index < -0.39 is 28.6 Å². The monoisotopic (exact) mass is 301 g/mol. The van der Waals surface area contributed by atoms with Crippen molar-refractivity contribution in [3.63, 3.8) is 0 Å². The van der Waals surface area contributed by atoms with Gasteiger partial charge in [0, 0.05) is 6.61 Å². The molecular formula is C13H19NO5S. The summed E-state index contributed by atoms with van der Waals surface area (Å²) in [5, 5.41) is 17.6. The zero-order valence-corrected chi connectivity index (χ0v) is 12.1. The van der Waals surface area contributed by atoms with Crippen LogP contribution in [0, 0.1) is 0 Å². The largest absolute Gasteiger partial charge is 0.480 e. The molecule has 7 heteroatoms. The number of nitrogens with one attached hydrogen (secondary N) is 1. The van der Waals surface area contributed by atoms with Gasteiger partial charge in [0.1, 0.15) is 6.04 Å². The van der Waals surface area contributed by atoms with Crippen LogP contribution in [0.4, 0.5) is 0 Å². The molecule has 0 aromatic heterocycles. The Balaban J connectivity index is 2.89. The molecule has 0 radical (unpaired) electrons. The fraction of sp³-hybridized carbons (Fsp3) is 0.462. The third kappa shape index (κ3) is 4.59. The van der Waals surface area contributed by atoms with Gasteiger partial charge in [0.25, 0.3) is 0 Å². The summed E-state index contributed by atoms with van der Waals surface area (Å²) in [7, 11) is -3.90. The predicted molar refractivity (Wildman–Crippen MR) is 73.9 cm³/mol. The molecule has 3 N–H and O–H groups in total. The van der Waals surface area contributed by atoms with Crippen molar-refractivity contribution in [2.75, 3.05) is 6.61 Å². The highest BCUT2D eigenvalue weighted by Gasteiger charge is 2.24. The Morgan fingerprint density at radius 2 is 1.90 bits per heavy atom. The molecule has 0 amide bonds. The summed E-state index contributed by atoms with van der Waals surface area (Å²) in [5.74, 6) is -1.31. The highest BCUT2D eigenvalue weighted by Crippen LogP contribution is 2.13. The number of aryl methyl sites for hydroxylation is 1. The van der Waals surface area contributed by atoms with Crippen LogP contribution in [0.2, 0.25) is 0 Å². The van der Waals surface area contributed by atoms with Crippen molar-refractivity contribution in [2.45, 2.75) is 37.1 Å². The van der Waals surface area contributed by atoms with Gasteiger partial charge in [-0.3, -0.25) is 4.79 Å². The van der Waals surface area contributed by atoms with Gasteiger partial charge >= 0.3 is 5.97 Å². The average molecular weight is 301 g/mol. The maximum atomic E-state index is 12.0. The van der Waals surface area contributed by atoms with Crippen LogP contribution in [0.5, 0.6) is 0 Å². The lowest BCUT2D eigenvalue weighted by molar-refractivity contribution is -0.139. The van der Waals surface area contributed by atoms with Crippen molar-refractivity contribution >= 4 is 16.0 Å². The second-order valence-corrected chi connectivity index (χ2v) is 6.13. The maximum Gasteiger partial charge on any atom is 0.321 e. The normalized spacial score (nSPS) is 13.1. The molecule has 0 spiro atoms. The molecule has 6 nitrogen and oxygen atoms in total. The van der Waals surface area contributed by atoms with E-state index in [1.165, 1.54) is 12.1 Å². The first-order chi connectivity index (χ1) is 9.40. The maximum absolute atomic E-state index is 12.0. The number of benzene rings is 1. The summed E-state index contributed by atoms with van der Waals surface area (Å²) in [6, 6.07) is 4.98. The number of carboxylic acids is 1. The predicted octanol–water partition coefficient (Wildman–Crippen LogP) is 0.753. The molecule has 0 heterocycles. The van der Waals surface area contributed by atoms with Crippen LogP contribution in [0.25, 0.3) is 0 Å². The van der Waals surface area contributed by atoms with Gasteiger partial charge in [-0.25, -0.2) is 8.42 Å². The van der Waals surface area contributed by atoms with Crippen LogP contribution in [-0.4, -0.2) is 37.2 Å². The third-order valence-electron chi connectivity index (χ3n) is 2.79. The van der Waals surface area contributed by atoms with Gasteiger partial charge in [-0.2, -0.15) is 4.72 Å². The van der Waals surface area contributed by atoms with E-state index in [1.54, 1.807) is 12.1 Å². The van der Waals surface area contributed by atoms with Crippen LogP contribution >= 0.6 is 0 Å². The molecule has 0 saturated heterocycles. The van der Waals surface area contributed by atoms with Crippen molar-refractivity contribution < 1.29 is 23.4 Å². The second kappa shape index (κ2) is 7.37. The zero-order chi connectivity index (χ0) is 15.2. The highest BCUT2D eigenvalue weighted by molar-refractivity contribution is 7.89. The van der Waals surface area contributed by atoms with Gasteiger partial charge in [-0.1, -0.05) is 25.5 Å². The van der Waals surface area contributed by atoms with Gasteiger partial charge in [-0.05, 0) is 30.5 Å². The molecule has 1 atom stereocenters. The summed E-state index contributed by atoms with van der Waals surface area (Å²) in [5.41, 5.74) is 1.02. The second-order valence-electron chi connectivity index (χ2n) is 4.42. The van der Waals surface area contributed by atoms with E-state index in [4.69, 9.17) is 10.2 Å². The van der Waals surface area contributed by atoms with Crippen LogP contribution in [0.1, 0.15) is 25.3 Å². The minimum absolute atomic E-state index is 0.0153. The van der Waals surface area contributed by atoms with Crippen molar-refractivity contribution in [3.05, 3.63) is 29.8 Å². The highest BCUT2D eigenvalue weighted by atomic mass is 32.2. The lowest BCUT2D eigenvalue weighted by Gasteiger charge is -2.13. The molecule has 0 aliphatic rings. The SMILES string of the molecule is CCCc1ccc(S(=O)(=O)N[C@H](CCO)C(=O)O)cc1. The lowest BCUT2D eigenvalue weighted by Crippen LogP contribution is -2.41. The Hall–Kier alpha value is -1.44. The van der Waals surface area contributed by atoms with Gasteiger partial charge in [0.2, 0.25) is 10.0 Å². The van der Waals surface area contributed by atoms with Gasteiger partial charge in [0.15, 0.2) is 0 Å². The van der Waals surface area contributed by atoms with Crippen LogP contribution in [0.3, 0.4) is 0 Å². The number of rotatable bonds is 8. The Morgan fingerprint density at radius 1 is 1.30 bits per heavy atom. The quantitative estimate of drug-likeness (QED) is 0.657. The van der Waals surface area contributed by atoms with Crippen LogP contribution in [0.15, 0.2) is 29.2 Å². The molecular weight excluding hydrogens is 282 g/mol. The van der Waals surface area contributed by atoms with E-state index in [1.807, 2.05) is 6.92 Å². The van der Waals surface area contributed by atoms with E-state index in [-0.39, 0.29) is 11.3 Å². The molecule has 0 aliphatic heterocycles. The average Bonchev–Trinajstić information content (AvgIpc) is 2.39. The molecule has 0 saturated carbocycles. The number of carboxylic acid groups (broad SMARTS) is 1. The fourth-order valence-corrected chi connectivity index (χ4v) is 2.96. The van der Waals surface area contributed by atoms with Crippen molar-refractivity contribution in [1.29, 1.82) is 0 Å². The number of sulfonamides is 1. The molecule has 20 heavy (non-hydrogen) atoms. The molecule has 1 rings (SSSR count). The van der Waals surface area contributed by atoms with Gasteiger partial charge in [-0.15, -0.1) is 0 Å². The van der Waals surface area contributed by atoms with E-state index >= 15 is 0 Å². The first kappa shape index (κ1) is 16.6. The summed E-state index contributed by atoms with van der Waals surface area (Å²) >= 11 is 0. The number of carbonyl (C=O) groups is 1. The first-order valence-electron chi connectivity index (χ1n) is 6.35. The molecule has 1 aromatic carbocycles. The molecule has 0 bridgehead atoms. The summed E-state index contributed by atoms with van der Waals surface area (Å²) in [6.07, 6.45) is 1.64. The Bertz CT molecular complexity index is 538. The van der Waals surface area contributed by atoms with Gasteiger partial charge < -0.3 is 10.2 Å². The van der Waals surface area contributed by atoms with Crippen LogP contribution in [-0.2, 0) is 21.2 Å². The van der Waals surface area contributed by atoms with E-state index in [2.05, 4.69) is 4.72 Å². The Morgan fingerprint density at radius 3 is 2.35 bits per heavy atom. The van der Waals surface area contributed by atoms with E-state index in [0.29, 0.717) is 0 Å². The Kier molecular flexibility index (Phi) is 6.12. The number of aliphatic hydroxyl groups excluding tert-OH is 1. The summed E-state index contributed by atoms with van der Waals surface area (Å²) in [4.78, 5) is 10.9. The summed E-state index contributed by atoms with van der Waals surface area (Å²) in [6.45, 7) is 1.62. The summed E-state index contributed by atoms with van der Waals surface area (Å²) < 4.78 is 26.1. The van der Waals surface area contributed by atoms with Crippen molar-refractivity contribution in [3.8, 4) is 0 Å². The number of hydrogen-bond donors (Lipinski definition) is 3. The lowest BCUT2D eigenvalue weighted by atomic mass is 10.1. The molecule has 0 aliphatic carbocycles. The topological polar surface area (TPSA) is 104 Å². The number of hydrogen-bond acceptors (Lipinski definition) is 4. The number of aliphatic hydroxyl groups is 1. The fourth-order valence-electron chi connectivity index (χ4n) is 1.74. The minimum atomic E-state index is -3.90. The smallest absolute Gasteiger partial charge is 0.321 e. The Labute approximate surface area is 118 Å². The first-order valence-corrected chi connectivity index (χ1v) is 7.84. The van der Waals surface area contributed by atoms with E-state index in [9.17, 15) is 13.2 Å². The minimum Gasteiger partial charge on any atom is -0.480 e.